The first-order valence-corrected chi connectivity index (χ1v) is 5.50. The predicted molar refractivity (Wildman–Crippen MR) is 67.7 cm³/mol. The molecule has 0 aliphatic carbocycles. The molecule has 17 heavy (non-hydrogen) atoms. The van der Waals surface area contributed by atoms with E-state index in [0.717, 1.165) is 11.3 Å². The van der Waals surface area contributed by atoms with Crippen LogP contribution in [0.2, 0.25) is 5.02 Å². The molecule has 0 saturated heterocycles. The van der Waals surface area contributed by atoms with Gasteiger partial charge < -0.3 is 5.32 Å². The fourth-order valence-electron chi connectivity index (χ4n) is 1.46. The van der Waals surface area contributed by atoms with E-state index in [-0.39, 0.29) is 0 Å². The van der Waals surface area contributed by atoms with Crippen LogP contribution < -0.4 is 5.32 Å². The lowest BCUT2D eigenvalue weighted by atomic mass is 10.2. The van der Waals surface area contributed by atoms with Crippen LogP contribution in [0.1, 0.15) is 11.1 Å². The Bertz CT molecular complexity index is 546. The van der Waals surface area contributed by atoms with Gasteiger partial charge in [-0.2, -0.15) is 5.26 Å². The number of rotatable bonds is 3. The van der Waals surface area contributed by atoms with Crippen LogP contribution in [0.4, 0.5) is 5.69 Å². The maximum absolute atomic E-state index is 8.96. The van der Waals surface area contributed by atoms with Crippen molar-refractivity contribution < 1.29 is 0 Å². The van der Waals surface area contributed by atoms with Gasteiger partial charge in [0.25, 0.3) is 0 Å². The number of nitrogens with one attached hydrogen (secondary N) is 1. The van der Waals surface area contributed by atoms with Gasteiger partial charge in [0.1, 0.15) is 6.07 Å². The van der Waals surface area contributed by atoms with E-state index in [1.807, 2.05) is 12.1 Å². The molecule has 1 N–H and O–H groups in total. The first-order valence-electron chi connectivity index (χ1n) is 5.12. The van der Waals surface area contributed by atoms with Gasteiger partial charge in [0.05, 0.1) is 11.3 Å². The summed E-state index contributed by atoms with van der Waals surface area (Å²) in [4.78, 5) is 4.03. The number of benzene rings is 1. The van der Waals surface area contributed by atoms with Crippen molar-refractivity contribution in [2.24, 2.45) is 0 Å². The molecule has 0 aliphatic rings. The van der Waals surface area contributed by atoms with Crippen LogP contribution in [-0.4, -0.2) is 4.98 Å². The number of nitriles is 1. The van der Waals surface area contributed by atoms with Crippen LogP contribution in [0, 0.1) is 11.3 Å². The minimum Gasteiger partial charge on any atom is -0.380 e. The van der Waals surface area contributed by atoms with Gasteiger partial charge in [0, 0.05) is 24.0 Å². The van der Waals surface area contributed by atoms with Crippen molar-refractivity contribution >= 4 is 17.3 Å². The molecule has 2 rings (SSSR count). The first kappa shape index (κ1) is 11.4. The van der Waals surface area contributed by atoms with Gasteiger partial charge >= 0.3 is 0 Å². The summed E-state index contributed by atoms with van der Waals surface area (Å²) < 4.78 is 0. The summed E-state index contributed by atoms with van der Waals surface area (Å²) in [6.45, 7) is 0.614. The Morgan fingerprint density at radius 3 is 2.94 bits per heavy atom. The number of nitrogens with zero attached hydrogens (tertiary/aromatic N) is 2. The monoisotopic (exact) mass is 243 g/mol. The fraction of sp³-hybridized carbons (Fsp3) is 0.0769. The molecule has 0 amide bonds. The molecule has 0 radical (unpaired) electrons. The molecule has 0 saturated carbocycles. The molecular formula is C13H10ClN3. The number of pyridine rings is 1. The van der Waals surface area contributed by atoms with Crippen LogP contribution >= 0.6 is 11.6 Å². The highest BCUT2D eigenvalue weighted by atomic mass is 35.5. The Hall–Kier alpha value is -2.05. The smallest absolute Gasteiger partial charge is 0.101 e. The van der Waals surface area contributed by atoms with Gasteiger partial charge in [0.2, 0.25) is 0 Å². The van der Waals surface area contributed by atoms with E-state index in [9.17, 15) is 0 Å². The van der Waals surface area contributed by atoms with Gasteiger partial charge in [-0.1, -0.05) is 17.7 Å². The largest absolute Gasteiger partial charge is 0.380 e. The molecule has 0 fully saturated rings. The van der Waals surface area contributed by atoms with E-state index in [4.69, 9.17) is 16.9 Å². The highest BCUT2D eigenvalue weighted by Crippen LogP contribution is 2.20. The molecule has 2 aromatic rings. The highest BCUT2D eigenvalue weighted by Gasteiger charge is 2.02. The van der Waals surface area contributed by atoms with E-state index >= 15 is 0 Å². The topological polar surface area (TPSA) is 48.7 Å². The highest BCUT2D eigenvalue weighted by molar-refractivity contribution is 6.30. The van der Waals surface area contributed by atoms with Crippen molar-refractivity contribution in [2.45, 2.75) is 6.54 Å². The van der Waals surface area contributed by atoms with Crippen LogP contribution in [0.3, 0.4) is 0 Å². The van der Waals surface area contributed by atoms with Crippen LogP contribution in [0.25, 0.3) is 0 Å². The number of aromatic nitrogens is 1. The summed E-state index contributed by atoms with van der Waals surface area (Å²) in [5.74, 6) is 0. The maximum atomic E-state index is 8.96. The summed E-state index contributed by atoms with van der Waals surface area (Å²) >= 11 is 5.89. The van der Waals surface area contributed by atoms with Crippen LogP contribution in [0.15, 0.2) is 42.7 Å². The second-order valence-electron chi connectivity index (χ2n) is 3.52. The molecule has 1 aromatic carbocycles. The van der Waals surface area contributed by atoms with Gasteiger partial charge in [-0.05, 0) is 29.8 Å². The zero-order valence-corrected chi connectivity index (χ0v) is 9.78. The van der Waals surface area contributed by atoms with E-state index in [1.165, 1.54) is 0 Å². The summed E-state index contributed by atoms with van der Waals surface area (Å²) in [6.07, 6.45) is 3.51. The van der Waals surface area contributed by atoms with Gasteiger partial charge in [-0.3, -0.25) is 4.98 Å². The molecule has 4 heteroatoms. The third-order valence-electron chi connectivity index (χ3n) is 2.31. The summed E-state index contributed by atoms with van der Waals surface area (Å²) in [5.41, 5.74) is 2.37. The SMILES string of the molecule is N#Cc1ccc(Cl)cc1NCc1cccnc1. The lowest BCUT2D eigenvalue weighted by Gasteiger charge is -2.08. The van der Waals surface area contributed by atoms with E-state index < -0.39 is 0 Å². The van der Waals surface area contributed by atoms with Crippen LogP contribution in [0.5, 0.6) is 0 Å². The molecule has 0 unspecified atom stereocenters. The lowest BCUT2D eigenvalue weighted by molar-refractivity contribution is 1.11. The molecule has 0 aliphatic heterocycles. The average Bonchev–Trinajstić information content (AvgIpc) is 2.38. The van der Waals surface area contributed by atoms with Gasteiger partial charge in [-0.25, -0.2) is 0 Å². The second-order valence-corrected chi connectivity index (χ2v) is 3.95. The third kappa shape index (κ3) is 2.96. The number of hydrogen-bond donors (Lipinski definition) is 1. The van der Waals surface area contributed by atoms with Crippen LogP contribution in [-0.2, 0) is 6.54 Å². The van der Waals surface area contributed by atoms with E-state index in [1.54, 1.807) is 30.6 Å². The Kier molecular flexibility index (Phi) is 3.59. The van der Waals surface area contributed by atoms with Crippen molar-refractivity contribution in [1.29, 1.82) is 5.26 Å². The Balaban J connectivity index is 2.14. The van der Waals surface area contributed by atoms with Gasteiger partial charge in [0.15, 0.2) is 0 Å². The maximum Gasteiger partial charge on any atom is 0.101 e. The normalized spacial score (nSPS) is 9.65. The zero-order valence-electron chi connectivity index (χ0n) is 9.02. The third-order valence-corrected chi connectivity index (χ3v) is 2.54. The zero-order chi connectivity index (χ0) is 12.1. The van der Waals surface area contributed by atoms with Gasteiger partial charge in [-0.15, -0.1) is 0 Å². The molecule has 0 atom stereocenters. The van der Waals surface area contributed by atoms with Crippen molar-refractivity contribution in [2.75, 3.05) is 5.32 Å². The number of halogens is 1. The van der Waals surface area contributed by atoms with Crippen molar-refractivity contribution in [3.8, 4) is 6.07 Å². The summed E-state index contributed by atoms with van der Waals surface area (Å²) in [6, 6.07) is 11.1. The molecular weight excluding hydrogens is 234 g/mol. The number of hydrogen-bond acceptors (Lipinski definition) is 3. The predicted octanol–water partition coefficient (Wildman–Crippen LogP) is 3.22. The quantitative estimate of drug-likeness (QED) is 0.901. The molecule has 84 valence electrons. The first-order chi connectivity index (χ1) is 8.29. The Morgan fingerprint density at radius 2 is 2.24 bits per heavy atom. The lowest BCUT2D eigenvalue weighted by Crippen LogP contribution is -2.01. The number of anilines is 1. The molecule has 3 nitrogen and oxygen atoms in total. The molecule has 0 spiro atoms. The van der Waals surface area contributed by atoms with Crippen molar-refractivity contribution in [1.82, 2.24) is 4.98 Å². The fourth-order valence-corrected chi connectivity index (χ4v) is 1.63. The minimum atomic E-state index is 0.582. The van der Waals surface area contributed by atoms with E-state index in [2.05, 4.69) is 16.4 Å². The summed E-state index contributed by atoms with van der Waals surface area (Å²) in [5, 5.41) is 12.7. The second kappa shape index (κ2) is 5.33. The average molecular weight is 244 g/mol. The Labute approximate surface area is 105 Å². The molecule has 1 aromatic heterocycles. The van der Waals surface area contributed by atoms with Crippen molar-refractivity contribution in [3.05, 3.63) is 58.9 Å². The summed E-state index contributed by atoms with van der Waals surface area (Å²) in [7, 11) is 0. The molecule has 0 bridgehead atoms. The Morgan fingerprint density at radius 1 is 1.35 bits per heavy atom. The molecule has 1 heterocycles. The minimum absolute atomic E-state index is 0.582. The van der Waals surface area contributed by atoms with Crippen molar-refractivity contribution in [3.63, 3.8) is 0 Å². The van der Waals surface area contributed by atoms with E-state index in [0.29, 0.717) is 17.1 Å². The standard InChI is InChI=1S/C13H10ClN3/c14-12-4-3-11(7-15)13(6-12)17-9-10-2-1-5-16-8-10/h1-6,8,17H,9H2.